The Morgan fingerprint density at radius 3 is 2.30 bits per heavy atom. The third-order valence-electron chi connectivity index (χ3n) is 6.94. The predicted octanol–water partition coefficient (Wildman–Crippen LogP) is 2.87. The van der Waals surface area contributed by atoms with Gasteiger partial charge in [0, 0.05) is 13.6 Å². The first-order valence-corrected chi connectivity index (χ1v) is 11.0. The molecule has 4 aliphatic rings. The summed E-state index contributed by atoms with van der Waals surface area (Å²) in [6.45, 7) is 2.94. The first kappa shape index (κ1) is 20.9. The molecular weight excluding hydrogens is 380 g/mol. The SMILES string of the molecule is C#CCNc1nc(N(C)OC)nc(N(CCC)C(=O)C23CC4CC(CC(C4)C2)C3)n1. The average molecular weight is 413 g/mol. The lowest BCUT2D eigenvalue weighted by molar-refractivity contribution is -0.143. The Hall–Kier alpha value is -2.40. The van der Waals surface area contributed by atoms with Gasteiger partial charge in [-0.1, -0.05) is 12.8 Å². The largest absolute Gasteiger partial charge is 0.343 e. The van der Waals surface area contributed by atoms with Gasteiger partial charge >= 0.3 is 0 Å². The van der Waals surface area contributed by atoms with Crippen LogP contribution in [0.25, 0.3) is 0 Å². The van der Waals surface area contributed by atoms with E-state index in [1.54, 1.807) is 19.1 Å². The van der Waals surface area contributed by atoms with E-state index in [9.17, 15) is 4.79 Å². The molecule has 4 fully saturated rings. The molecule has 0 atom stereocenters. The Morgan fingerprint density at radius 2 is 1.77 bits per heavy atom. The second-order valence-corrected chi connectivity index (χ2v) is 9.15. The maximum absolute atomic E-state index is 14.0. The molecule has 0 radical (unpaired) electrons. The summed E-state index contributed by atoms with van der Waals surface area (Å²) in [5.41, 5.74) is -0.254. The number of nitrogens with one attached hydrogen (secondary N) is 1. The highest BCUT2D eigenvalue weighted by Crippen LogP contribution is 2.60. The van der Waals surface area contributed by atoms with Crippen LogP contribution in [0.1, 0.15) is 51.9 Å². The molecule has 1 heterocycles. The second kappa shape index (κ2) is 8.38. The minimum absolute atomic E-state index is 0.184. The lowest BCUT2D eigenvalue weighted by Crippen LogP contribution is -2.55. The minimum atomic E-state index is -0.254. The van der Waals surface area contributed by atoms with Gasteiger partial charge in [-0.15, -0.1) is 6.42 Å². The summed E-state index contributed by atoms with van der Waals surface area (Å²) < 4.78 is 0. The zero-order valence-electron chi connectivity index (χ0n) is 18.2. The fourth-order valence-corrected chi connectivity index (χ4v) is 6.08. The number of terminal acetylenes is 1. The number of anilines is 3. The summed E-state index contributed by atoms with van der Waals surface area (Å²) in [6, 6.07) is 0. The number of rotatable bonds is 8. The van der Waals surface area contributed by atoms with Crippen molar-refractivity contribution in [1.82, 2.24) is 15.0 Å². The molecule has 1 aromatic heterocycles. The van der Waals surface area contributed by atoms with Crippen LogP contribution in [-0.2, 0) is 9.63 Å². The van der Waals surface area contributed by atoms with Gasteiger partial charge in [-0.25, -0.2) is 5.06 Å². The molecule has 8 nitrogen and oxygen atoms in total. The van der Waals surface area contributed by atoms with Crippen LogP contribution in [-0.4, -0.2) is 48.1 Å². The van der Waals surface area contributed by atoms with Crippen molar-refractivity contribution in [1.29, 1.82) is 0 Å². The van der Waals surface area contributed by atoms with Crippen molar-refractivity contribution in [2.24, 2.45) is 23.2 Å². The molecule has 0 spiro atoms. The van der Waals surface area contributed by atoms with Crippen molar-refractivity contribution in [3.05, 3.63) is 0 Å². The van der Waals surface area contributed by atoms with Gasteiger partial charge in [0.05, 0.1) is 19.1 Å². The third kappa shape index (κ3) is 3.83. The Kier molecular flexibility index (Phi) is 5.83. The summed E-state index contributed by atoms with van der Waals surface area (Å²) in [6.07, 6.45) is 13.1. The first-order chi connectivity index (χ1) is 14.5. The molecule has 1 N–H and O–H groups in total. The van der Waals surface area contributed by atoms with Crippen molar-refractivity contribution >= 4 is 23.8 Å². The van der Waals surface area contributed by atoms with Gasteiger partial charge in [0.1, 0.15) is 0 Å². The van der Waals surface area contributed by atoms with E-state index in [0.29, 0.717) is 42.1 Å². The summed E-state index contributed by atoms with van der Waals surface area (Å²) in [5, 5.41) is 4.46. The highest BCUT2D eigenvalue weighted by Gasteiger charge is 2.56. The van der Waals surface area contributed by atoms with Crippen LogP contribution < -0.4 is 15.3 Å². The number of amides is 1. The van der Waals surface area contributed by atoms with Gasteiger partial charge in [-0.2, -0.15) is 15.0 Å². The fourth-order valence-electron chi connectivity index (χ4n) is 6.08. The number of aromatic nitrogens is 3. The number of carbonyl (C=O) groups is 1. The van der Waals surface area contributed by atoms with E-state index in [2.05, 4.69) is 33.1 Å². The van der Waals surface area contributed by atoms with E-state index in [1.165, 1.54) is 24.3 Å². The van der Waals surface area contributed by atoms with Gasteiger partial charge in [0.2, 0.25) is 17.8 Å². The van der Waals surface area contributed by atoms with Gasteiger partial charge in [-0.05, 0) is 62.7 Å². The van der Waals surface area contributed by atoms with E-state index in [1.807, 2.05) is 0 Å². The lowest BCUT2D eigenvalue weighted by atomic mass is 9.49. The Labute approximate surface area is 178 Å². The number of hydrogen-bond acceptors (Lipinski definition) is 7. The molecule has 4 bridgehead atoms. The second-order valence-electron chi connectivity index (χ2n) is 9.15. The Morgan fingerprint density at radius 1 is 1.17 bits per heavy atom. The van der Waals surface area contributed by atoms with Gasteiger partial charge < -0.3 is 5.32 Å². The highest BCUT2D eigenvalue weighted by atomic mass is 16.7. The van der Waals surface area contributed by atoms with Crippen LogP contribution in [0.15, 0.2) is 0 Å². The summed E-state index contributed by atoms with van der Waals surface area (Å²) in [7, 11) is 3.26. The highest BCUT2D eigenvalue weighted by molar-refractivity contribution is 5.96. The number of nitrogens with zero attached hydrogens (tertiary/aromatic N) is 5. The average Bonchev–Trinajstić information content (AvgIpc) is 2.73. The number of carbonyl (C=O) groups excluding carboxylic acids is 1. The molecule has 1 amide bonds. The molecule has 0 saturated heterocycles. The van der Waals surface area contributed by atoms with Crippen LogP contribution in [0.2, 0.25) is 0 Å². The molecule has 162 valence electrons. The molecule has 8 heteroatoms. The third-order valence-corrected chi connectivity index (χ3v) is 6.94. The summed E-state index contributed by atoms with van der Waals surface area (Å²) in [4.78, 5) is 34.5. The van der Waals surface area contributed by atoms with E-state index in [4.69, 9.17) is 11.3 Å². The van der Waals surface area contributed by atoms with Crippen LogP contribution in [0.4, 0.5) is 17.8 Å². The molecule has 0 aromatic carbocycles. The number of hydrogen-bond donors (Lipinski definition) is 1. The van der Waals surface area contributed by atoms with Crippen LogP contribution in [0.3, 0.4) is 0 Å². The Bertz CT molecular complexity index is 800. The van der Waals surface area contributed by atoms with E-state index in [-0.39, 0.29) is 17.9 Å². The molecule has 0 aliphatic heterocycles. The fraction of sp³-hybridized carbons (Fsp3) is 0.727. The first-order valence-electron chi connectivity index (χ1n) is 11.0. The summed E-state index contributed by atoms with van der Waals surface area (Å²) in [5.74, 6) is 5.85. The summed E-state index contributed by atoms with van der Waals surface area (Å²) >= 11 is 0. The quantitative estimate of drug-likeness (QED) is 0.519. The van der Waals surface area contributed by atoms with Gasteiger partial charge in [0.25, 0.3) is 5.95 Å². The predicted molar refractivity (Wildman–Crippen MR) is 116 cm³/mol. The normalized spacial score (nSPS) is 28.8. The molecule has 4 saturated carbocycles. The van der Waals surface area contributed by atoms with E-state index < -0.39 is 0 Å². The smallest absolute Gasteiger partial charge is 0.256 e. The maximum atomic E-state index is 14.0. The van der Waals surface area contributed by atoms with Crippen molar-refractivity contribution in [2.75, 3.05) is 42.5 Å². The molecule has 1 aromatic rings. The van der Waals surface area contributed by atoms with Crippen molar-refractivity contribution < 1.29 is 9.63 Å². The van der Waals surface area contributed by atoms with Crippen molar-refractivity contribution in [3.63, 3.8) is 0 Å². The van der Waals surface area contributed by atoms with E-state index in [0.717, 1.165) is 25.7 Å². The van der Waals surface area contributed by atoms with Crippen molar-refractivity contribution in [3.8, 4) is 12.3 Å². The number of hydroxylamine groups is 1. The monoisotopic (exact) mass is 412 g/mol. The van der Waals surface area contributed by atoms with Gasteiger partial charge in [-0.3, -0.25) is 14.5 Å². The lowest BCUT2D eigenvalue weighted by Gasteiger charge is -2.56. The zero-order valence-corrected chi connectivity index (χ0v) is 18.2. The van der Waals surface area contributed by atoms with Crippen molar-refractivity contribution in [2.45, 2.75) is 51.9 Å². The van der Waals surface area contributed by atoms with Crippen LogP contribution in [0.5, 0.6) is 0 Å². The molecule has 4 aliphatic carbocycles. The minimum Gasteiger partial charge on any atom is -0.343 e. The topological polar surface area (TPSA) is 83.5 Å². The molecular formula is C22H32N6O2. The standard InChI is InChI=1S/C22H32N6O2/c1-5-7-23-19-24-20(27(3)30-4)26-21(25-19)28(8-6-2)18(29)22-12-15-9-16(13-22)11-17(10-15)14-22/h1,15-17H,6-14H2,2-4H3,(H,23,24,25,26). The van der Waals surface area contributed by atoms with Gasteiger partial charge in [0.15, 0.2) is 0 Å². The van der Waals surface area contributed by atoms with E-state index >= 15 is 0 Å². The molecule has 5 rings (SSSR count). The molecule has 0 unspecified atom stereocenters. The zero-order chi connectivity index (χ0) is 21.3. The maximum Gasteiger partial charge on any atom is 0.256 e. The van der Waals surface area contributed by atoms with Crippen LogP contribution >= 0.6 is 0 Å². The Balaban J connectivity index is 1.68. The molecule has 30 heavy (non-hydrogen) atoms. The van der Waals surface area contributed by atoms with Crippen LogP contribution in [0, 0.1) is 35.5 Å².